The van der Waals surface area contributed by atoms with Crippen LogP contribution < -0.4 is 0 Å². The van der Waals surface area contributed by atoms with Gasteiger partial charge in [0.1, 0.15) is 6.10 Å². The van der Waals surface area contributed by atoms with E-state index in [0.29, 0.717) is 13.2 Å². The van der Waals surface area contributed by atoms with Gasteiger partial charge < -0.3 is 14.5 Å². The number of ether oxygens (including phenoxy) is 1. The molecule has 0 saturated carbocycles. The third-order valence-electron chi connectivity index (χ3n) is 4.43. The Morgan fingerprint density at radius 2 is 1.91 bits per heavy atom. The van der Waals surface area contributed by atoms with Crippen molar-refractivity contribution >= 4 is 12.0 Å². The molecule has 1 amide bonds. The van der Waals surface area contributed by atoms with E-state index in [1.807, 2.05) is 18.0 Å². The second kappa shape index (κ2) is 7.07. The van der Waals surface area contributed by atoms with Crippen LogP contribution in [0.2, 0.25) is 0 Å². The van der Waals surface area contributed by atoms with Gasteiger partial charge in [-0.05, 0) is 25.5 Å². The molecule has 22 heavy (non-hydrogen) atoms. The van der Waals surface area contributed by atoms with E-state index in [1.165, 1.54) is 11.1 Å². The lowest BCUT2D eigenvalue weighted by Gasteiger charge is -2.35. The summed E-state index contributed by atoms with van der Waals surface area (Å²) in [5.74, 6) is 0.158. The predicted molar refractivity (Wildman–Crippen MR) is 87.5 cm³/mol. The Morgan fingerprint density at radius 3 is 2.59 bits per heavy atom. The molecule has 1 aromatic carbocycles. The Morgan fingerprint density at radius 1 is 1.18 bits per heavy atom. The van der Waals surface area contributed by atoms with E-state index < -0.39 is 0 Å². The molecular weight excluding hydrogens is 276 g/mol. The van der Waals surface area contributed by atoms with Gasteiger partial charge in [0.05, 0.1) is 6.61 Å². The molecule has 3 rings (SSSR count). The molecule has 0 aromatic heterocycles. The molecule has 2 saturated heterocycles. The van der Waals surface area contributed by atoms with Crippen LogP contribution in [0.1, 0.15) is 18.4 Å². The molecule has 0 N–H and O–H groups in total. The first-order valence-electron chi connectivity index (χ1n) is 8.06. The number of likely N-dealkylation sites (tertiary alicyclic amines) is 1. The van der Waals surface area contributed by atoms with E-state index in [4.69, 9.17) is 4.74 Å². The minimum absolute atomic E-state index is 0.158. The van der Waals surface area contributed by atoms with Crippen LogP contribution in [0.15, 0.2) is 35.9 Å². The summed E-state index contributed by atoms with van der Waals surface area (Å²) in [5.41, 5.74) is 2.67. The quantitative estimate of drug-likeness (QED) is 0.838. The number of likely N-dealkylation sites (N-methyl/N-ethyl adjacent to an activating group) is 1. The van der Waals surface area contributed by atoms with Crippen molar-refractivity contribution in [3.8, 4) is 0 Å². The molecule has 2 fully saturated rings. The number of carbonyl (C=O) groups is 1. The van der Waals surface area contributed by atoms with Crippen LogP contribution in [-0.2, 0) is 9.53 Å². The van der Waals surface area contributed by atoms with Crippen molar-refractivity contribution in [2.75, 3.05) is 39.8 Å². The minimum Gasteiger partial charge on any atom is -0.366 e. The van der Waals surface area contributed by atoms with Gasteiger partial charge in [-0.1, -0.05) is 42.0 Å². The van der Waals surface area contributed by atoms with Crippen LogP contribution in [0, 0.1) is 0 Å². The van der Waals surface area contributed by atoms with Crippen molar-refractivity contribution in [2.45, 2.75) is 18.9 Å². The third-order valence-corrected chi connectivity index (χ3v) is 4.43. The number of amides is 1. The molecule has 2 heterocycles. The third kappa shape index (κ3) is 3.76. The fraction of sp³-hybridized carbons (Fsp3) is 0.500. The van der Waals surface area contributed by atoms with E-state index in [1.54, 1.807) is 0 Å². The number of hydrogen-bond donors (Lipinski definition) is 0. The fourth-order valence-electron chi connectivity index (χ4n) is 3.07. The maximum atomic E-state index is 12.5. The second-order valence-electron chi connectivity index (χ2n) is 6.16. The first-order chi connectivity index (χ1) is 10.7. The van der Waals surface area contributed by atoms with Crippen molar-refractivity contribution in [1.82, 2.24) is 9.80 Å². The summed E-state index contributed by atoms with van der Waals surface area (Å²) in [5, 5.41) is 0. The average molecular weight is 300 g/mol. The van der Waals surface area contributed by atoms with Crippen molar-refractivity contribution < 1.29 is 9.53 Å². The maximum absolute atomic E-state index is 12.5. The van der Waals surface area contributed by atoms with Gasteiger partial charge in [0.15, 0.2) is 0 Å². The van der Waals surface area contributed by atoms with E-state index in [2.05, 4.69) is 35.2 Å². The predicted octanol–water partition coefficient (Wildman–Crippen LogP) is 2.02. The van der Waals surface area contributed by atoms with E-state index in [-0.39, 0.29) is 12.0 Å². The summed E-state index contributed by atoms with van der Waals surface area (Å²) in [4.78, 5) is 16.6. The summed E-state index contributed by atoms with van der Waals surface area (Å²) in [6, 6.07) is 10.4. The number of piperidine rings is 1. The van der Waals surface area contributed by atoms with Crippen molar-refractivity contribution in [3.63, 3.8) is 0 Å². The van der Waals surface area contributed by atoms with Crippen LogP contribution in [0.25, 0.3) is 6.08 Å². The smallest absolute Gasteiger partial charge is 0.253 e. The van der Waals surface area contributed by atoms with Gasteiger partial charge in [-0.15, -0.1) is 0 Å². The van der Waals surface area contributed by atoms with E-state index >= 15 is 0 Å². The van der Waals surface area contributed by atoms with Crippen LogP contribution in [0.5, 0.6) is 0 Å². The summed E-state index contributed by atoms with van der Waals surface area (Å²) in [7, 11) is 2.04. The van der Waals surface area contributed by atoms with Gasteiger partial charge in [0.25, 0.3) is 5.91 Å². The highest BCUT2D eigenvalue weighted by molar-refractivity contribution is 5.81. The SMILES string of the molecule is CN1CCO[C@@H](C(=O)N2CCC(=Cc3ccccc3)CC2)C1. The Labute approximate surface area is 132 Å². The lowest BCUT2D eigenvalue weighted by Crippen LogP contribution is -2.51. The van der Waals surface area contributed by atoms with Gasteiger partial charge in [0, 0.05) is 26.2 Å². The topological polar surface area (TPSA) is 32.8 Å². The summed E-state index contributed by atoms with van der Waals surface area (Å²) in [6.07, 6.45) is 3.90. The maximum Gasteiger partial charge on any atom is 0.253 e. The second-order valence-corrected chi connectivity index (χ2v) is 6.16. The normalized spacial score (nSPS) is 23.4. The molecule has 118 valence electrons. The number of rotatable bonds is 2. The summed E-state index contributed by atoms with van der Waals surface area (Å²) < 4.78 is 5.64. The number of benzene rings is 1. The zero-order chi connectivity index (χ0) is 15.4. The molecule has 4 heteroatoms. The Kier molecular flexibility index (Phi) is 4.90. The average Bonchev–Trinajstić information content (AvgIpc) is 2.56. The summed E-state index contributed by atoms with van der Waals surface area (Å²) in [6.45, 7) is 3.89. The van der Waals surface area contributed by atoms with Gasteiger partial charge in [-0.2, -0.15) is 0 Å². The molecule has 0 unspecified atom stereocenters. The Balaban J connectivity index is 1.55. The highest BCUT2D eigenvalue weighted by Gasteiger charge is 2.30. The van der Waals surface area contributed by atoms with Crippen molar-refractivity contribution in [1.29, 1.82) is 0 Å². The Hall–Kier alpha value is -1.65. The zero-order valence-corrected chi connectivity index (χ0v) is 13.2. The highest BCUT2D eigenvalue weighted by atomic mass is 16.5. The number of nitrogens with zero attached hydrogens (tertiary/aromatic N) is 2. The van der Waals surface area contributed by atoms with Crippen LogP contribution in [0.4, 0.5) is 0 Å². The van der Waals surface area contributed by atoms with Gasteiger partial charge in [0.2, 0.25) is 0 Å². The van der Waals surface area contributed by atoms with Crippen LogP contribution in [-0.4, -0.2) is 61.6 Å². The van der Waals surface area contributed by atoms with Gasteiger partial charge >= 0.3 is 0 Å². The lowest BCUT2D eigenvalue weighted by molar-refractivity contribution is -0.149. The first kappa shape index (κ1) is 15.3. The van der Waals surface area contributed by atoms with Crippen LogP contribution >= 0.6 is 0 Å². The van der Waals surface area contributed by atoms with Gasteiger partial charge in [-0.25, -0.2) is 0 Å². The molecule has 2 aliphatic rings. The molecule has 0 spiro atoms. The molecule has 0 radical (unpaired) electrons. The molecule has 0 aliphatic carbocycles. The zero-order valence-electron chi connectivity index (χ0n) is 13.2. The Bertz CT molecular complexity index is 531. The lowest BCUT2D eigenvalue weighted by atomic mass is 10.0. The van der Waals surface area contributed by atoms with Crippen LogP contribution in [0.3, 0.4) is 0 Å². The molecule has 4 nitrogen and oxygen atoms in total. The molecule has 1 aromatic rings. The molecule has 0 bridgehead atoms. The highest BCUT2D eigenvalue weighted by Crippen LogP contribution is 2.20. The first-order valence-corrected chi connectivity index (χ1v) is 8.06. The van der Waals surface area contributed by atoms with Gasteiger partial charge in [-0.3, -0.25) is 4.79 Å². The van der Waals surface area contributed by atoms with Crippen molar-refractivity contribution in [2.24, 2.45) is 0 Å². The number of morpholine rings is 1. The molecule has 2 aliphatic heterocycles. The molecule has 1 atom stereocenters. The monoisotopic (exact) mass is 300 g/mol. The fourth-order valence-corrected chi connectivity index (χ4v) is 3.07. The minimum atomic E-state index is -0.279. The van der Waals surface area contributed by atoms with Crippen molar-refractivity contribution in [3.05, 3.63) is 41.5 Å². The largest absolute Gasteiger partial charge is 0.366 e. The molecular formula is C18H24N2O2. The summed E-state index contributed by atoms with van der Waals surface area (Å²) >= 11 is 0. The van der Waals surface area contributed by atoms with E-state index in [9.17, 15) is 4.79 Å². The number of carbonyl (C=O) groups excluding carboxylic acids is 1. The number of hydrogen-bond acceptors (Lipinski definition) is 3. The van der Waals surface area contributed by atoms with E-state index in [0.717, 1.165) is 32.5 Å². The standard InChI is InChI=1S/C18H24N2O2/c1-19-11-12-22-17(14-19)18(21)20-9-7-16(8-10-20)13-15-5-3-2-4-6-15/h2-6,13,17H,7-12,14H2,1H3/t17-/m1/s1.